The number of nitro groups is 1. The van der Waals surface area contributed by atoms with Crippen molar-refractivity contribution in [2.45, 2.75) is 16.7 Å². The van der Waals surface area contributed by atoms with Crippen molar-refractivity contribution in [2.75, 3.05) is 0 Å². The highest BCUT2D eigenvalue weighted by molar-refractivity contribution is 7.99. The molecule has 2 aromatic carbocycles. The Bertz CT molecular complexity index is 677. The van der Waals surface area contributed by atoms with Gasteiger partial charge in [0.1, 0.15) is 11.6 Å². The van der Waals surface area contributed by atoms with E-state index >= 15 is 0 Å². The van der Waals surface area contributed by atoms with E-state index in [0.29, 0.717) is 4.90 Å². The minimum atomic E-state index is -0.529. The normalized spacial score (nSPS) is 9.89. The largest absolute Gasteiger partial charge is 0.288 e. The van der Waals surface area contributed by atoms with E-state index in [2.05, 4.69) is 0 Å². The zero-order chi connectivity index (χ0) is 13.8. The molecule has 2 aromatic rings. The first-order valence-corrected chi connectivity index (χ1v) is 6.35. The van der Waals surface area contributed by atoms with Gasteiger partial charge in [-0.3, -0.25) is 10.1 Å². The third-order valence-electron chi connectivity index (χ3n) is 2.53. The fraction of sp³-hybridized carbons (Fsp3) is 0.0714. The number of nitriles is 1. The number of hydrogen-bond donors (Lipinski definition) is 0. The molecule has 0 unspecified atom stereocenters. The Morgan fingerprint density at radius 3 is 2.63 bits per heavy atom. The van der Waals surface area contributed by atoms with Crippen LogP contribution in [0, 0.1) is 28.4 Å². The maximum absolute atomic E-state index is 10.9. The van der Waals surface area contributed by atoms with E-state index in [4.69, 9.17) is 5.26 Å². The van der Waals surface area contributed by atoms with E-state index in [1.165, 1.54) is 17.8 Å². The molecule has 2 rings (SSSR count). The van der Waals surface area contributed by atoms with Crippen LogP contribution in [0.15, 0.2) is 52.3 Å². The molecule has 0 heterocycles. The quantitative estimate of drug-likeness (QED) is 0.626. The van der Waals surface area contributed by atoms with E-state index < -0.39 is 4.92 Å². The molecule has 19 heavy (non-hydrogen) atoms. The number of rotatable bonds is 3. The molecule has 0 bridgehead atoms. The SMILES string of the molecule is Cc1cccc(Sc2cccc([N+](=O)[O-])c2C#N)c1. The Morgan fingerprint density at radius 1 is 1.26 bits per heavy atom. The van der Waals surface area contributed by atoms with Crippen LogP contribution in [-0.2, 0) is 0 Å². The number of benzene rings is 2. The number of hydrogen-bond acceptors (Lipinski definition) is 4. The van der Waals surface area contributed by atoms with Crippen molar-refractivity contribution in [3.63, 3.8) is 0 Å². The lowest BCUT2D eigenvalue weighted by atomic mass is 10.2. The van der Waals surface area contributed by atoms with E-state index in [1.807, 2.05) is 37.3 Å². The molecule has 0 saturated heterocycles. The number of nitro benzene ring substituents is 1. The van der Waals surface area contributed by atoms with Crippen molar-refractivity contribution in [3.05, 3.63) is 63.7 Å². The van der Waals surface area contributed by atoms with Gasteiger partial charge in [-0.2, -0.15) is 5.26 Å². The molecular weight excluding hydrogens is 260 g/mol. The van der Waals surface area contributed by atoms with Gasteiger partial charge >= 0.3 is 0 Å². The smallest absolute Gasteiger partial charge is 0.258 e. The summed E-state index contributed by atoms with van der Waals surface area (Å²) >= 11 is 1.36. The Morgan fingerprint density at radius 2 is 2.00 bits per heavy atom. The molecule has 0 radical (unpaired) electrons. The second-order valence-corrected chi connectivity index (χ2v) is 5.05. The van der Waals surface area contributed by atoms with Crippen LogP contribution in [0.3, 0.4) is 0 Å². The van der Waals surface area contributed by atoms with Crippen LogP contribution < -0.4 is 0 Å². The summed E-state index contributed by atoms with van der Waals surface area (Å²) < 4.78 is 0. The molecule has 0 atom stereocenters. The standard InChI is InChI=1S/C14H10N2O2S/c1-10-4-2-5-11(8-10)19-14-7-3-6-13(16(17)18)12(14)9-15/h2-8H,1H3. The minimum Gasteiger partial charge on any atom is -0.258 e. The topological polar surface area (TPSA) is 66.9 Å². The van der Waals surface area contributed by atoms with Gasteiger partial charge in [0.25, 0.3) is 5.69 Å². The van der Waals surface area contributed by atoms with Crippen molar-refractivity contribution >= 4 is 17.4 Å². The Hall–Kier alpha value is -2.32. The van der Waals surface area contributed by atoms with Gasteiger partial charge in [0.2, 0.25) is 0 Å². The molecule has 0 N–H and O–H groups in total. The van der Waals surface area contributed by atoms with Crippen molar-refractivity contribution in [2.24, 2.45) is 0 Å². The lowest BCUT2D eigenvalue weighted by Crippen LogP contribution is -1.93. The van der Waals surface area contributed by atoms with Gasteiger partial charge in [-0.25, -0.2) is 0 Å². The average Bonchev–Trinajstić information content (AvgIpc) is 2.38. The maximum atomic E-state index is 10.9. The first-order chi connectivity index (χ1) is 9.11. The predicted molar refractivity (Wildman–Crippen MR) is 73.1 cm³/mol. The maximum Gasteiger partial charge on any atom is 0.288 e. The van der Waals surface area contributed by atoms with Crippen molar-refractivity contribution in [1.29, 1.82) is 5.26 Å². The fourth-order valence-electron chi connectivity index (χ4n) is 1.67. The lowest BCUT2D eigenvalue weighted by Gasteiger charge is -2.05. The van der Waals surface area contributed by atoms with Crippen LogP contribution in [0.5, 0.6) is 0 Å². The van der Waals surface area contributed by atoms with E-state index in [0.717, 1.165) is 10.5 Å². The summed E-state index contributed by atoms with van der Waals surface area (Å²) in [5, 5.41) is 20.0. The second kappa shape index (κ2) is 5.55. The summed E-state index contributed by atoms with van der Waals surface area (Å²) in [7, 11) is 0. The average molecular weight is 270 g/mol. The monoisotopic (exact) mass is 270 g/mol. The second-order valence-electron chi connectivity index (χ2n) is 3.94. The third-order valence-corrected chi connectivity index (χ3v) is 3.58. The van der Waals surface area contributed by atoms with Crippen molar-refractivity contribution in [1.82, 2.24) is 0 Å². The van der Waals surface area contributed by atoms with Gasteiger partial charge in [0, 0.05) is 15.9 Å². The van der Waals surface area contributed by atoms with Crippen LogP contribution in [0.2, 0.25) is 0 Å². The van der Waals surface area contributed by atoms with Crippen LogP contribution >= 0.6 is 11.8 Å². The van der Waals surface area contributed by atoms with Crippen molar-refractivity contribution in [3.8, 4) is 6.07 Å². The Balaban J connectivity index is 2.44. The molecule has 0 aliphatic heterocycles. The molecule has 0 fully saturated rings. The third kappa shape index (κ3) is 2.92. The van der Waals surface area contributed by atoms with Gasteiger partial charge in [-0.05, 0) is 25.1 Å². The van der Waals surface area contributed by atoms with Gasteiger partial charge in [-0.15, -0.1) is 0 Å². The first kappa shape index (κ1) is 13.1. The van der Waals surface area contributed by atoms with Crippen LogP contribution in [0.1, 0.15) is 11.1 Å². The minimum absolute atomic E-state index is 0.110. The summed E-state index contributed by atoms with van der Waals surface area (Å²) in [5.74, 6) is 0. The summed E-state index contributed by atoms with van der Waals surface area (Å²) in [6.45, 7) is 1.97. The molecule has 0 aliphatic rings. The molecule has 0 aromatic heterocycles. The predicted octanol–water partition coefficient (Wildman–Crippen LogP) is 3.93. The molecule has 0 aliphatic carbocycles. The summed E-state index contributed by atoms with van der Waals surface area (Å²) in [6.07, 6.45) is 0. The molecule has 0 spiro atoms. The molecular formula is C14H10N2O2S. The van der Waals surface area contributed by atoms with Crippen molar-refractivity contribution < 1.29 is 4.92 Å². The first-order valence-electron chi connectivity index (χ1n) is 5.54. The van der Waals surface area contributed by atoms with Gasteiger partial charge in [-0.1, -0.05) is 35.5 Å². The van der Waals surface area contributed by atoms with Gasteiger partial charge in [0.05, 0.1) is 4.92 Å². The highest BCUT2D eigenvalue weighted by Gasteiger charge is 2.17. The van der Waals surface area contributed by atoms with Crippen LogP contribution in [0.25, 0.3) is 0 Å². The summed E-state index contributed by atoms with van der Waals surface area (Å²) in [5.41, 5.74) is 1.06. The van der Waals surface area contributed by atoms with E-state index in [9.17, 15) is 10.1 Å². The number of nitrogens with zero attached hydrogens (tertiary/aromatic N) is 2. The van der Waals surface area contributed by atoms with E-state index in [-0.39, 0.29) is 11.3 Å². The molecule has 4 nitrogen and oxygen atoms in total. The van der Waals surface area contributed by atoms with Crippen LogP contribution in [0.4, 0.5) is 5.69 Å². The fourth-order valence-corrected chi connectivity index (χ4v) is 2.72. The zero-order valence-electron chi connectivity index (χ0n) is 10.2. The Kier molecular flexibility index (Phi) is 3.83. The molecule has 0 saturated carbocycles. The van der Waals surface area contributed by atoms with E-state index in [1.54, 1.807) is 12.1 Å². The summed E-state index contributed by atoms with van der Waals surface area (Å²) in [4.78, 5) is 11.9. The molecule has 0 amide bonds. The highest BCUT2D eigenvalue weighted by Crippen LogP contribution is 2.34. The molecule has 94 valence electrons. The number of aryl methyl sites for hydroxylation is 1. The highest BCUT2D eigenvalue weighted by atomic mass is 32.2. The lowest BCUT2D eigenvalue weighted by molar-refractivity contribution is -0.385. The van der Waals surface area contributed by atoms with Crippen LogP contribution in [-0.4, -0.2) is 4.92 Å². The zero-order valence-corrected chi connectivity index (χ0v) is 11.0. The molecule has 5 heteroatoms. The van der Waals surface area contributed by atoms with Gasteiger partial charge in [0.15, 0.2) is 0 Å². The van der Waals surface area contributed by atoms with Gasteiger partial charge < -0.3 is 0 Å². The Labute approximate surface area is 114 Å². The summed E-state index contributed by atoms with van der Waals surface area (Å²) in [6, 6.07) is 14.4.